The van der Waals surface area contributed by atoms with Crippen LogP contribution in [-0.4, -0.2) is 5.91 Å². The number of carbonyl (C=O) groups excluding carboxylic acids is 1. The van der Waals surface area contributed by atoms with Crippen molar-refractivity contribution < 1.29 is 4.79 Å². The fourth-order valence-electron chi connectivity index (χ4n) is 2.57. The molecule has 1 atom stereocenters. The van der Waals surface area contributed by atoms with Gasteiger partial charge in [0.05, 0.1) is 12.5 Å². The molecule has 110 valence electrons. The Morgan fingerprint density at radius 2 is 1.62 bits per heavy atom. The summed E-state index contributed by atoms with van der Waals surface area (Å²) in [6, 6.07) is 14.5. The summed E-state index contributed by atoms with van der Waals surface area (Å²) in [4.78, 5) is 12.1. The van der Waals surface area contributed by atoms with E-state index in [4.69, 9.17) is 0 Å². The number of hydrogen-bond donors (Lipinski definition) is 1. The zero-order valence-corrected chi connectivity index (χ0v) is 13.2. The van der Waals surface area contributed by atoms with E-state index >= 15 is 0 Å². The van der Waals surface area contributed by atoms with Gasteiger partial charge in [0.1, 0.15) is 0 Å². The van der Waals surface area contributed by atoms with E-state index in [-0.39, 0.29) is 11.9 Å². The van der Waals surface area contributed by atoms with Gasteiger partial charge in [0.25, 0.3) is 0 Å². The second kappa shape index (κ2) is 6.57. The quantitative estimate of drug-likeness (QED) is 0.900. The van der Waals surface area contributed by atoms with Crippen molar-refractivity contribution >= 4 is 5.91 Å². The molecule has 2 aromatic rings. The Morgan fingerprint density at radius 3 is 2.24 bits per heavy atom. The Bertz CT molecular complexity index is 629. The molecule has 0 aliphatic carbocycles. The molecule has 0 heterocycles. The highest BCUT2D eigenvalue weighted by Gasteiger charge is 2.12. The van der Waals surface area contributed by atoms with E-state index in [2.05, 4.69) is 37.4 Å². The van der Waals surface area contributed by atoms with Crippen LogP contribution in [0.4, 0.5) is 0 Å². The third-order valence-corrected chi connectivity index (χ3v) is 3.75. The van der Waals surface area contributed by atoms with Crippen molar-refractivity contribution in [2.24, 2.45) is 0 Å². The summed E-state index contributed by atoms with van der Waals surface area (Å²) in [7, 11) is 0. The van der Waals surface area contributed by atoms with Crippen LogP contribution < -0.4 is 5.32 Å². The second-order valence-corrected chi connectivity index (χ2v) is 5.81. The van der Waals surface area contributed by atoms with Gasteiger partial charge in [0, 0.05) is 0 Å². The van der Waals surface area contributed by atoms with Crippen LogP contribution in [0.3, 0.4) is 0 Å². The number of carbonyl (C=O) groups is 1. The second-order valence-electron chi connectivity index (χ2n) is 5.81. The lowest BCUT2D eigenvalue weighted by Crippen LogP contribution is -2.28. The van der Waals surface area contributed by atoms with Crippen LogP contribution in [-0.2, 0) is 11.2 Å². The van der Waals surface area contributed by atoms with Crippen LogP contribution in [0.5, 0.6) is 0 Å². The van der Waals surface area contributed by atoms with Crippen LogP contribution in [0, 0.1) is 20.8 Å². The third kappa shape index (κ3) is 4.19. The van der Waals surface area contributed by atoms with E-state index in [0.29, 0.717) is 6.42 Å². The van der Waals surface area contributed by atoms with Gasteiger partial charge in [-0.2, -0.15) is 0 Å². The standard InChI is InChI=1S/C19H23NO/c1-13-5-8-17(9-6-13)12-19(21)20-16(4)18-10-7-14(2)11-15(18)3/h5-11,16H,12H2,1-4H3,(H,20,21)/t16-/m0/s1. The van der Waals surface area contributed by atoms with Gasteiger partial charge in [-0.15, -0.1) is 0 Å². The fraction of sp³-hybridized carbons (Fsp3) is 0.316. The number of benzene rings is 2. The molecule has 0 spiro atoms. The summed E-state index contributed by atoms with van der Waals surface area (Å²) in [6.07, 6.45) is 0.426. The average molecular weight is 281 g/mol. The Labute approximate surface area is 127 Å². The zero-order valence-electron chi connectivity index (χ0n) is 13.2. The first kappa shape index (κ1) is 15.3. The highest BCUT2D eigenvalue weighted by atomic mass is 16.1. The molecule has 0 fully saturated rings. The molecule has 0 unspecified atom stereocenters. The number of hydrogen-bond acceptors (Lipinski definition) is 1. The van der Waals surface area contributed by atoms with Crippen molar-refractivity contribution in [2.75, 3.05) is 0 Å². The topological polar surface area (TPSA) is 29.1 Å². The molecule has 0 aromatic heterocycles. The zero-order chi connectivity index (χ0) is 15.4. The lowest BCUT2D eigenvalue weighted by atomic mass is 10.00. The molecule has 1 amide bonds. The largest absolute Gasteiger partial charge is 0.349 e. The maximum absolute atomic E-state index is 12.1. The average Bonchev–Trinajstić information content (AvgIpc) is 2.41. The molecule has 0 aliphatic heterocycles. The van der Waals surface area contributed by atoms with E-state index in [1.54, 1.807) is 0 Å². The van der Waals surface area contributed by atoms with Crippen LogP contribution in [0.25, 0.3) is 0 Å². The highest BCUT2D eigenvalue weighted by Crippen LogP contribution is 2.18. The Hall–Kier alpha value is -2.09. The van der Waals surface area contributed by atoms with Gasteiger partial charge < -0.3 is 5.32 Å². The van der Waals surface area contributed by atoms with Gasteiger partial charge >= 0.3 is 0 Å². The minimum absolute atomic E-state index is 0.0311. The Balaban J connectivity index is 2.00. The summed E-state index contributed by atoms with van der Waals surface area (Å²) in [5.41, 5.74) is 5.90. The van der Waals surface area contributed by atoms with Crippen LogP contribution in [0.2, 0.25) is 0 Å². The van der Waals surface area contributed by atoms with Gasteiger partial charge in [0.15, 0.2) is 0 Å². The Morgan fingerprint density at radius 1 is 1.00 bits per heavy atom. The molecule has 0 aliphatic rings. The van der Waals surface area contributed by atoms with Gasteiger partial charge in [-0.1, -0.05) is 53.6 Å². The molecule has 2 heteroatoms. The normalized spacial score (nSPS) is 12.0. The predicted octanol–water partition coefficient (Wildman–Crippen LogP) is 4.03. The molecule has 2 nitrogen and oxygen atoms in total. The lowest BCUT2D eigenvalue weighted by Gasteiger charge is -2.17. The molecule has 0 radical (unpaired) electrons. The number of nitrogens with one attached hydrogen (secondary N) is 1. The first-order chi connectivity index (χ1) is 9.95. The van der Waals surface area contributed by atoms with E-state index < -0.39 is 0 Å². The molecule has 0 saturated carbocycles. The molecular weight excluding hydrogens is 258 g/mol. The number of rotatable bonds is 4. The molecule has 0 saturated heterocycles. The van der Waals surface area contributed by atoms with Crippen molar-refractivity contribution in [3.05, 3.63) is 70.3 Å². The van der Waals surface area contributed by atoms with E-state index in [1.807, 2.05) is 38.1 Å². The Kier molecular flexibility index (Phi) is 4.79. The smallest absolute Gasteiger partial charge is 0.224 e. The van der Waals surface area contributed by atoms with Crippen LogP contribution >= 0.6 is 0 Å². The van der Waals surface area contributed by atoms with Gasteiger partial charge in [-0.25, -0.2) is 0 Å². The maximum atomic E-state index is 12.1. The molecule has 1 N–H and O–H groups in total. The van der Waals surface area contributed by atoms with Crippen molar-refractivity contribution in [2.45, 2.75) is 40.2 Å². The highest BCUT2D eigenvalue weighted by molar-refractivity contribution is 5.79. The third-order valence-electron chi connectivity index (χ3n) is 3.75. The number of aryl methyl sites for hydroxylation is 3. The van der Waals surface area contributed by atoms with Gasteiger partial charge in [-0.3, -0.25) is 4.79 Å². The predicted molar refractivity (Wildman–Crippen MR) is 87.4 cm³/mol. The SMILES string of the molecule is Cc1ccc(CC(=O)N[C@@H](C)c2ccc(C)cc2C)cc1. The molecular formula is C19H23NO. The van der Waals surface area contributed by atoms with Gasteiger partial charge in [0.2, 0.25) is 5.91 Å². The lowest BCUT2D eigenvalue weighted by molar-refractivity contribution is -0.121. The summed E-state index contributed by atoms with van der Waals surface area (Å²) in [5.74, 6) is 0.0614. The first-order valence-electron chi connectivity index (χ1n) is 7.38. The minimum Gasteiger partial charge on any atom is -0.349 e. The van der Waals surface area contributed by atoms with Gasteiger partial charge in [-0.05, 0) is 44.4 Å². The fourth-order valence-corrected chi connectivity index (χ4v) is 2.57. The minimum atomic E-state index is 0.0311. The first-order valence-corrected chi connectivity index (χ1v) is 7.38. The van der Waals surface area contributed by atoms with Crippen molar-refractivity contribution in [1.29, 1.82) is 0 Å². The number of amides is 1. The molecule has 2 rings (SSSR count). The van der Waals surface area contributed by atoms with Crippen molar-refractivity contribution in [1.82, 2.24) is 5.32 Å². The van der Waals surface area contributed by atoms with E-state index in [9.17, 15) is 4.79 Å². The summed E-state index contributed by atoms with van der Waals surface area (Å²) in [6.45, 7) is 8.25. The monoisotopic (exact) mass is 281 g/mol. The molecule has 0 bridgehead atoms. The summed E-state index contributed by atoms with van der Waals surface area (Å²) in [5, 5.41) is 3.08. The van der Waals surface area contributed by atoms with E-state index in [1.165, 1.54) is 22.3 Å². The molecule has 2 aromatic carbocycles. The summed E-state index contributed by atoms with van der Waals surface area (Å²) >= 11 is 0. The summed E-state index contributed by atoms with van der Waals surface area (Å²) < 4.78 is 0. The maximum Gasteiger partial charge on any atom is 0.224 e. The van der Waals surface area contributed by atoms with Crippen LogP contribution in [0.1, 0.15) is 40.8 Å². The van der Waals surface area contributed by atoms with Crippen molar-refractivity contribution in [3.8, 4) is 0 Å². The van der Waals surface area contributed by atoms with E-state index in [0.717, 1.165) is 5.56 Å². The van der Waals surface area contributed by atoms with Crippen LogP contribution in [0.15, 0.2) is 42.5 Å². The molecule has 21 heavy (non-hydrogen) atoms. The van der Waals surface area contributed by atoms with Crippen molar-refractivity contribution in [3.63, 3.8) is 0 Å².